The van der Waals surface area contributed by atoms with Gasteiger partial charge in [0.15, 0.2) is 0 Å². The molecule has 0 spiro atoms. The van der Waals surface area contributed by atoms with E-state index in [4.69, 9.17) is 9.47 Å². The lowest BCUT2D eigenvalue weighted by Gasteiger charge is -2.33. The van der Waals surface area contributed by atoms with Crippen molar-refractivity contribution in [2.75, 3.05) is 25.1 Å². The van der Waals surface area contributed by atoms with Crippen LogP contribution in [-0.2, 0) is 26.2 Å². The van der Waals surface area contributed by atoms with E-state index in [1.54, 1.807) is 43.3 Å². The van der Waals surface area contributed by atoms with Gasteiger partial charge < -0.3 is 19.7 Å². The summed E-state index contributed by atoms with van der Waals surface area (Å²) in [6.45, 7) is 3.26. The molecule has 2 amide bonds. The van der Waals surface area contributed by atoms with Gasteiger partial charge in [-0.2, -0.15) is 0 Å². The molecule has 230 valence electrons. The molecule has 0 bridgehead atoms. The zero-order valence-corrected chi connectivity index (χ0v) is 26.1. The fourth-order valence-corrected chi connectivity index (χ4v) is 6.69. The number of ether oxygens (including phenoxy) is 2. The van der Waals surface area contributed by atoms with Gasteiger partial charge >= 0.3 is 0 Å². The van der Waals surface area contributed by atoms with Gasteiger partial charge in [0.1, 0.15) is 24.1 Å². The zero-order valence-electron chi connectivity index (χ0n) is 25.3. The number of amides is 2. The summed E-state index contributed by atoms with van der Waals surface area (Å²) in [7, 11) is -1.30. The van der Waals surface area contributed by atoms with Gasteiger partial charge in [0.25, 0.3) is 10.0 Å². The summed E-state index contributed by atoms with van der Waals surface area (Å²) in [5, 5.41) is 3.12. The Balaban J connectivity index is 1.70. The first-order valence-corrected chi connectivity index (χ1v) is 16.0. The molecule has 0 heterocycles. The highest BCUT2D eigenvalue weighted by molar-refractivity contribution is 7.92. The quantitative estimate of drug-likeness (QED) is 0.308. The molecule has 0 radical (unpaired) electrons. The molecule has 1 saturated carbocycles. The topological polar surface area (TPSA) is 105 Å². The first-order valence-electron chi connectivity index (χ1n) is 14.6. The molecule has 3 aromatic carbocycles. The molecule has 4 rings (SSSR count). The Hall–Kier alpha value is -4.05. The van der Waals surface area contributed by atoms with Crippen LogP contribution in [0.2, 0.25) is 0 Å². The molecule has 43 heavy (non-hydrogen) atoms. The van der Waals surface area contributed by atoms with Gasteiger partial charge in [-0.3, -0.25) is 13.9 Å². The number of nitrogens with zero attached hydrogens (tertiary/aromatic N) is 2. The number of anilines is 1. The van der Waals surface area contributed by atoms with Crippen molar-refractivity contribution in [1.82, 2.24) is 10.2 Å². The monoisotopic (exact) mass is 607 g/mol. The third kappa shape index (κ3) is 7.87. The number of benzene rings is 3. The predicted octanol–water partition coefficient (Wildman–Crippen LogP) is 5.07. The van der Waals surface area contributed by atoms with Crippen LogP contribution in [0.4, 0.5) is 5.69 Å². The van der Waals surface area contributed by atoms with E-state index in [9.17, 15) is 18.0 Å². The lowest BCUT2D eigenvalue weighted by atomic mass is 9.95. The van der Waals surface area contributed by atoms with Crippen LogP contribution in [0.25, 0.3) is 0 Å². The van der Waals surface area contributed by atoms with Gasteiger partial charge in [-0.05, 0) is 68.7 Å². The van der Waals surface area contributed by atoms with E-state index >= 15 is 0 Å². The van der Waals surface area contributed by atoms with Crippen LogP contribution >= 0.6 is 0 Å². The van der Waals surface area contributed by atoms with Crippen LogP contribution in [0.5, 0.6) is 11.5 Å². The molecule has 0 saturated heterocycles. The summed E-state index contributed by atoms with van der Waals surface area (Å²) < 4.78 is 39.9. The van der Waals surface area contributed by atoms with Gasteiger partial charge in [-0.1, -0.05) is 61.2 Å². The minimum atomic E-state index is -4.24. The average molecular weight is 608 g/mol. The molecule has 3 aromatic rings. The van der Waals surface area contributed by atoms with Crippen molar-refractivity contribution in [1.29, 1.82) is 0 Å². The maximum Gasteiger partial charge on any atom is 0.264 e. The van der Waals surface area contributed by atoms with Crippen molar-refractivity contribution in [3.8, 4) is 11.5 Å². The molecular formula is C33H41N3O6S. The Morgan fingerprint density at radius 3 is 2.19 bits per heavy atom. The molecule has 1 fully saturated rings. The minimum absolute atomic E-state index is 0.0137. The molecule has 1 aliphatic carbocycles. The molecular weight excluding hydrogens is 566 g/mol. The molecule has 0 aromatic heterocycles. The van der Waals surface area contributed by atoms with Gasteiger partial charge in [0.05, 0.1) is 24.8 Å². The second-order valence-electron chi connectivity index (χ2n) is 10.9. The predicted molar refractivity (Wildman–Crippen MR) is 167 cm³/mol. The number of carbonyl (C=O) groups excluding carboxylic acids is 2. The lowest BCUT2D eigenvalue weighted by Crippen LogP contribution is -2.53. The van der Waals surface area contributed by atoms with Crippen molar-refractivity contribution >= 4 is 27.5 Å². The van der Waals surface area contributed by atoms with Crippen molar-refractivity contribution in [3.63, 3.8) is 0 Å². The zero-order chi connectivity index (χ0) is 31.0. The Morgan fingerprint density at radius 2 is 1.56 bits per heavy atom. The summed E-state index contributed by atoms with van der Waals surface area (Å²) in [4.78, 5) is 29.1. The Morgan fingerprint density at radius 1 is 0.907 bits per heavy atom. The standard InChI is InChI=1S/C33H41N3O6S/c1-24-14-16-26(17-15-24)22-35(25(2)33(38)34-27-10-6-5-7-11-27)32(37)23-36(30-12-8-9-13-31(30)42-4)43(39,40)29-20-18-28(41-3)19-21-29/h8-9,12-21,25,27H,5-7,10-11,22-23H2,1-4H3,(H,34,38). The number of rotatable bonds is 12. The first-order chi connectivity index (χ1) is 20.6. The van der Waals surface area contributed by atoms with Crippen LogP contribution in [0.3, 0.4) is 0 Å². The van der Waals surface area contributed by atoms with E-state index in [2.05, 4.69) is 5.32 Å². The number of hydrogen-bond acceptors (Lipinski definition) is 6. The summed E-state index contributed by atoms with van der Waals surface area (Å²) >= 11 is 0. The summed E-state index contributed by atoms with van der Waals surface area (Å²) in [6.07, 6.45) is 5.09. The maximum atomic E-state index is 14.2. The summed E-state index contributed by atoms with van der Waals surface area (Å²) in [6, 6.07) is 19.6. The highest BCUT2D eigenvalue weighted by Crippen LogP contribution is 2.33. The van der Waals surface area contributed by atoms with E-state index in [-0.39, 0.29) is 29.1 Å². The number of para-hydroxylation sites is 2. The number of hydrogen-bond donors (Lipinski definition) is 1. The fourth-order valence-electron chi connectivity index (χ4n) is 5.27. The van der Waals surface area contributed by atoms with Gasteiger partial charge in [-0.15, -0.1) is 0 Å². The Labute approximate surface area is 254 Å². The average Bonchev–Trinajstić information content (AvgIpc) is 3.03. The van der Waals surface area contributed by atoms with Crippen LogP contribution in [-0.4, -0.2) is 58.0 Å². The molecule has 1 atom stereocenters. The minimum Gasteiger partial charge on any atom is -0.497 e. The molecule has 1 N–H and O–H groups in total. The van der Waals surface area contributed by atoms with Crippen LogP contribution in [0.1, 0.15) is 50.2 Å². The molecule has 0 aliphatic heterocycles. The SMILES string of the molecule is COc1ccc(S(=O)(=O)N(CC(=O)N(Cc2ccc(C)cc2)C(C)C(=O)NC2CCCCC2)c2ccccc2OC)cc1. The van der Waals surface area contributed by atoms with Crippen LogP contribution < -0.4 is 19.1 Å². The smallest absolute Gasteiger partial charge is 0.264 e. The van der Waals surface area contributed by atoms with Crippen LogP contribution in [0, 0.1) is 6.92 Å². The Bertz CT molecular complexity index is 1490. The summed E-state index contributed by atoms with van der Waals surface area (Å²) in [5.41, 5.74) is 2.11. The normalized spacial score (nSPS) is 14.4. The second kappa shape index (κ2) is 14.4. The maximum absolute atomic E-state index is 14.2. The molecule has 1 aliphatic rings. The number of nitrogens with one attached hydrogen (secondary N) is 1. The van der Waals surface area contributed by atoms with Crippen molar-refractivity contribution in [2.45, 2.75) is 69.5 Å². The van der Waals surface area contributed by atoms with E-state index in [1.165, 1.54) is 31.3 Å². The highest BCUT2D eigenvalue weighted by atomic mass is 32.2. The van der Waals surface area contributed by atoms with Gasteiger partial charge in [0, 0.05) is 12.6 Å². The van der Waals surface area contributed by atoms with E-state index in [0.29, 0.717) is 11.5 Å². The van der Waals surface area contributed by atoms with Crippen molar-refractivity contribution in [2.24, 2.45) is 0 Å². The largest absolute Gasteiger partial charge is 0.497 e. The van der Waals surface area contributed by atoms with E-state index in [0.717, 1.165) is 47.5 Å². The van der Waals surface area contributed by atoms with Crippen molar-refractivity contribution in [3.05, 3.63) is 83.9 Å². The molecule has 1 unspecified atom stereocenters. The molecule has 10 heteroatoms. The van der Waals surface area contributed by atoms with Gasteiger partial charge in [0.2, 0.25) is 11.8 Å². The van der Waals surface area contributed by atoms with E-state index < -0.39 is 28.5 Å². The number of methoxy groups -OCH3 is 2. The number of carbonyl (C=O) groups is 2. The Kier molecular flexibility index (Phi) is 10.7. The van der Waals surface area contributed by atoms with Crippen LogP contribution in [0.15, 0.2) is 77.7 Å². The fraction of sp³-hybridized carbons (Fsp3) is 0.394. The lowest BCUT2D eigenvalue weighted by molar-refractivity contribution is -0.139. The number of sulfonamides is 1. The second-order valence-corrected chi connectivity index (χ2v) is 12.7. The third-order valence-electron chi connectivity index (χ3n) is 7.87. The highest BCUT2D eigenvalue weighted by Gasteiger charge is 2.34. The van der Waals surface area contributed by atoms with E-state index in [1.807, 2.05) is 31.2 Å². The first kappa shape index (κ1) is 31.9. The molecule has 9 nitrogen and oxygen atoms in total. The van der Waals surface area contributed by atoms with Crippen molar-refractivity contribution < 1.29 is 27.5 Å². The van der Waals surface area contributed by atoms with Gasteiger partial charge in [-0.25, -0.2) is 8.42 Å². The number of aryl methyl sites for hydroxylation is 1. The third-order valence-corrected chi connectivity index (χ3v) is 9.65. The summed E-state index contributed by atoms with van der Waals surface area (Å²) in [5.74, 6) is 0.0191.